The lowest BCUT2D eigenvalue weighted by Crippen LogP contribution is -2.42. The normalized spacial score (nSPS) is 12.0. The molecular formula is C19H27N3O2S. The second kappa shape index (κ2) is 9.51. The first-order valence-electron chi connectivity index (χ1n) is 8.55. The molecule has 1 heterocycles. The summed E-state index contributed by atoms with van der Waals surface area (Å²) in [6, 6.07) is 8.45. The van der Waals surface area contributed by atoms with E-state index in [1.165, 1.54) is 11.1 Å². The van der Waals surface area contributed by atoms with Gasteiger partial charge in [-0.15, -0.1) is 0 Å². The zero-order chi connectivity index (χ0) is 18.2. The molecule has 0 aliphatic carbocycles. The molecule has 0 fully saturated rings. The van der Waals surface area contributed by atoms with Gasteiger partial charge in [0.25, 0.3) is 0 Å². The average molecular weight is 362 g/mol. The molecule has 2 amide bonds. The highest BCUT2D eigenvalue weighted by atomic mass is 32.2. The molecule has 1 atom stereocenters. The highest BCUT2D eigenvalue weighted by Crippen LogP contribution is 2.14. The minimum absolute atomic E-state index is 0.0250. The van der Waals surface area contributed by atoms with Crippen molar-refractivity contribution in [1.82, 2.24) is 15.8 Å². The van der Waals surface area contributed by atoms with Crippen LogP contribution in [0.4, 0.5) is 4.79 Å². The molecular weight excluding hydrogens is 334 g/mol. The molecule has 0 bridgehead atoms. The Morgan fingerprint density at radius 1 is 1.24 bits per heavy atom. The average Bonchev–Trinajstić information content (AvgIpc) is 2.88. The fraction of sp³-hybridized carbons (Fsp3) is 0.474. The summed E-state index contributed by atoms with van der Waals surface area (Å²) in [5, 5.41) is 9.81. The van der Waals surface area contributed by atoms with Crippen molar-refractivity contribution in [3.63, 3.8) is 0 Å². The Hall–Kier alpha value is -1.95. The van der Waals surface area contributed by atoms with E-state index in [0.29, 0.717) is 6.54 Å². The second-order valence-electron chi connectivity index (χ2n) is 6.35. The Bertz CT molecular complexity index is 663. The number of aromatic nitrogens is 1. The van der Waals surface area contributed by atoms with Gasteiger partial charge in [-0.05, 0) is 39.7 Å². The van der Waals surface area contributed by atoms with Gasteiger partial charge in [-0.1, -0.05) is 35.0 Å². The second-order valence-corrected chi connectivity index (χ2v) is 7.45. The smallest absolute Gasteiger partial charge is 0.315 e. The van der Waals surface area contributed by atoms with Crippen LogP contribution in [-0.2, 0) is 12.2 Å². The van der Waals surface area contributed by atoms with E-state index >= 15 is 0 Å². The number of urea groups is 1. The van der Waals surface area contributed by atoms with E-state index in [1.54, 1.807) is 0 Å². The molecule has 1 aromatic carbocycles. The largest absolute Gasteiger partial charge is 0.361 e. The van der Waals surface area contributed by atoms with Crippen molar-refractivity contribution < 1.29 is 9.32 Å². The molecule has 0 spiro atoms. The molecule has 1 unspecified atom stereocenters. The van der Waals surface area contributed by atoms with E-state index in [2.05, 4.69) is 47.0 Å². The van der Waals surface area contributed by atoms with Crippen molar-refractivity contribution in [2.24, 2.45) is 0 Å². The summed E-state index contributed by atoms with van der Waals surface area (Å²) in [4.78, 5) is 12.0. The van der Waals surface area contributed by atoms with Crippen molar-refractivity contribution in [3.8, 4) is 0 Å². The number of nitrogens with zero attached hydrogens (tertiary/aromatic N) is 1. The molecule has 0 aliphatic heterocycles. The van der Waals surface area contributed by atoms with Crippen molar-refractivity contribution in [2.45, 2.75) is 45.9 Å². The Kier molecular flexibility index (Phi) is 7.37. The summed E-state index contributed by atoms with van der Waals surface area (Å²) in [6.45, 7) is 8.54. The van der Waals surface area contributed by atoms with E-state index in [0.717, 1.165) is 34.9 Å². The molecule has 2 aromatic rings. The van der Waals surface area contributed by atoms with Crippen LogP contribution in [-0.4, -0.2) is 29.5 Å². The summed E-state index contributed by atoms with van der Waals surface area (Å²) >= 11 is 1.82. The highest BCUT2D eigenvalue weighted by molar-refractivity contribution is 7.98. The molecule has 0 saturated heterocycles. The predicted molar refractivity (Wildman–Crippen MR) is 103 cm³/mol. The summed E-state index contributed by atoms with van der Waals surface area (Å²) in [7, 11) is 0. The first-order chi connectivity index (χ1) is 12.0. The van der Waals surface area contributed by atoms with Gasteiger partial charge in [-0.3, -0.25) is 0 Å². The number of hydrogen-bond acceptors (Lipinski definition) is 4. The summed E-state index contributed by atoms with van der Waals surface area (Å²) in [5.41, 5.74) is 4.55. The van der Waals surface area contributed by atoms with E-state index < -0.39 is 0 Å². The monoisotopic (exact) mass is 361 g/mol. The van der Waals surface area contributed by atoms with Gasteiger partial charge in [0, 0.05) is 29.7 Å². The lowest BCUT2D eigenvalue weighted by molar-refractivity contribution is 0.238. The maximum Gasteiger partial charge on any atom is 0.315 e. The zero-order valence-electron chi connectivity index (χ0n) is 15.4. The van der Waals surface area contributed by atoms with Gasteiger partial charge >= 0.3 is 6.03 Å². The molecule has 2 N–H and O–H groups in total. The number of hydrogen-bond donors (Lipinski definition) is 2. The molecule has 5 nitrogen and oxygen atoms in total. The number of carbonyl (C=O) groups is 1. The standard InChI is InChI=1S/C19H27N3O2S/c1-13-5-7-17(8-6-13)12-25-10-9-20-19(23)21-14(2)11-18-15(3)22-24-16(18)4/h5-8,14H,9-12H2,1-4H3,(H2,20,21,23). The lowest BCUT2D eigenvalue weighted by Gasteiger charge is -2.14. The third-order valence-corrected chi connectivity index (χ3v) is 5.02. The molecule has 25 heavy (non-hydrogen) atoms. The van der Waals surface area contributed by atoms with Gasteiger partial charge in [-0.2, -0.15) is 11.8 Å². The Morgan fingerprint density at radius 2 is 1.96 bits per heavy atom. The van der Waals surface area contributed by atoms with Gasteiger partial charge < -0.3 is 15.2 Å². The van der Waals surface area contributed by atoms with E-state index in [4.69, 9.17) is 4.52 Å². The third kappa shape index (κ3) is 6.46. The quantitative estimate of drug-likeness (QED) is 0.703. The van der Waals surface area contributed by atoms with Crippen LogP contribution in [0.25, 0.3) is 0 Å². The third-order valence-electron chi connectivity index (χ3n) is 3.99. The zero-order valence-corrected chi connectivity index (χ0v) is 16.2. The van der Waals surface area contributed by atoms with Crippen molar-refractivity contribution in [2.75, 3.05) is 12.3 Å². The SMILES string of the molecule is Cc1ccc(CSCCNC(=O)NC(C)Cc2c(C)noc2C)cc1. The lowest BCUT2D eigenvalue weighted by atomic mass is 10.1. The minimum atomic E-state index is -0.129. The van der Waals surface area contributed by atoms with E-state index in [-0.39, 0.29) is 12.1 Å². The van der Waals surface area contributed by atoms with Crippen LogP contribution in [0, 0.1) is 20.8 Å². The van der Waals surface area contributed by atoms with E-state index in [1.807, 2.05) is 32.5 Å². The topological polar surface area (TPSA) is 67.2 Å². The molecule has 6 heteroatoms. The van der Waals surface area contributed by atoms with Crippen LogP contribution in [0.15, 0.2) is 28.8 Å². The molecule has 0 saturated carbocycles. The number of thioether (sulfide) groups is 1. The van der Waals surface area contributed by atoms with Crippen LogP contribution in [0.2, 0.25) is 0 Å². The molecule has 1 aromatic heterocycles. The van der Waals surface area contributed by atoms with Gasteiger partial charge in [0.2, 0.25) is 0 Å². The maximum atomic E-state index is 12.0. The van der Waals surface area contributed by atoms with Crippen LogP contribution in [0.3, 0.4) is 0 Å². The number of benzene rings is 1. The maximum absolute atomic E-state index is 12.0. The van der Waals surface area contributed by atoms with Gasteiger partial charge in [0.15, 0.2) is 0 Å². The Balaban J connectivity index is 1.61. The molecule has 2 rings (SSSR count). The number of rotatable bonds is 8. The first kappa shape index (κ1) is 19.4. The van der Waals surface area contributed by atoms with E-state index in [9.17, 15) is 4.79 Å². The fourth-order valence-electron chi connectivity index (χ4n) is 2.54. The van der Waals surface area contributed by atoms with Crippen molar-refractivity contribution in [1.29, 1.82) is 0 Å². The highest BCUT2D eigenvalue weighted by Gasteiger charge is 2.14. The van der Waals surface area contributed by atoms with Gasteiger partial charge in [-0.25, -0.2) is 4.79 Å². The number of amides is 2. The van der Waals surface area contributed by atoms with Crippen molar-refractivity contribution in [3.05, 3.63) is 52.4 Å². The summed E-state index contributed by atoms with van der Waals surface area (Å²) < 4.78 is 5.15. The van der Waals surface area contributed by atoms with Crippen molar-refractivity contribution >= 4 is 17.8 Å². The summed E-state index contributed by atoms with van der Waals surface area (Å²) in [6.07, 6.45) is 0.719. The van der Waals surface area contributed by atoms with Crippen LogP contribution in [0.5, 0.6) is 0 Å². The number of carbonyl (C=O) groups excluding carboxylic acids is 1. The summed E-state index contributed by atoms with van der Waals surface area (Å²) in [5.74, 6) is 2.67. The Labute approximate surface area is 153 Å². The fourth-order valence-corrected chi connectivity index (χ4v) is 3.36. The van der Waals surface area contributed by atoms with Crippen LogP contribution >= 0.6 is 11.8 Å². The van der Waals surface area contributed by atoms with Gasteiger partial charge in [0.1, 0.15) is 5.76 Å². The van der Waals surface area contributed by atoms with Crippen LogP contribution in [0.1, 0.15) is 35.1 Å². The van der Waals surface area contributed by atoms with Crippen LogP contribution < -0.4 is 10.6 Å². The molecule has 0 radical (unpaired) electrons. The first-order valence-corrected chi connectivity index (χ1v) is 9.70. The number of nitrogens with one attached hydrogen (secondary N) is 2. The van der Waals surface area contributed by atoms with Gasteiger partial charge in [0.05, 0.1) is 5.69 Å². The molecule has 0 aliphatic rings. The number of aryl methyl sites for hydroxylation is 3. The minimum Gasteiger partial charge on any atom is -0.361 e. The Morgan fingerprint density at radius 3 is 2.60 bits per heavy atom. The predicted octanol–water partition coefficient (Wildman–Crippen LogP) is 3.76. The molecule has 136 valence electrons.